The molecule has 0 N–H and O–H groups in total. The first-order chi connectivity index (χ1) is 10.5. The molecule has 0 amide bonds. The van der Waals surface area contributed by atoms with Gasteiger partial charge in [0, 0.05) is 5.56 Å². The Hall–Kier alpha value is -2.47. The molecule has 0 radical (unpaired) electrons. The molecule has 0 aliphatic rings. The minimum atomic E-state index is -3.73. The van der Waals surface area contributed by atoms with Crippen LogP contribution in [0.4, 0.5) is 0 Å². The van der Waals surface area contributed by atoms with E-state index in [-0.39, 0.29) is 4.90 Å². The summed E-state index contributed by atoms with van der Waals surface area (Å²) in [6.45, 7) is 3.54. The third kappa shape index (κ3) is 2.53. The van der Waals surface area contributed by atoms with Crippen LogP contribution >= 0.6 is 0 Å². The van der Waals surface area contributed by atoms with E-state index in [4.69, 9.17) is 0 Å². The Kier molecular flexibility index (Phi) is 3.54. The van der Waals surface area contributed by atoms with Crippen LogP contribution in [0.15, 0.2) is 59.5 Å². The quantitative estimate of drug-likeness (QED) is 0.746. The van der Waals surface area contributed by atoms with Gasteiger partial charge in [-0.25, -0.2) is 4.98 Å². The molecular weight excluding hydrogens is 298 g/mol. The molecule has 1 aromatic heterocycles. The molecule has 6 heteroatoms. The van der Waals surface area contributed by atoms with Gasteiger partial charge in [0.2, 0.25) is 0 Å². The van der Waals surface area contributed by atoms with Gasteiger partial charge in [-0.15, -0.1) is 9.19 Å². The molecule has 0 saturated heterocycles. The summed E-state index contributed by atoms with van der Waals surface area (Å²) in [6.07, 6.45) is 0. The zero-order valence-electron chi connectivity index (χ0n) is 12.3. The van der Waals surface area contributed by atoms with Crippen LogP contribution in [0.1, 0.15) is 11.4 Å². The average molecular weight is 313 g/mol. The molecule has 0 aliphatic heterocycles. The van der Waals surface area contributed by atoms with Crippen LogP contribution in [-0.4, -0.2) is 22.6 Å². The fourth-order valence-electron chi connectivity index (χ4n) is 2.12. The van der Waals surface area contributed by atoms with Gasteiger partial charge in [0.15, 0.2) is 5.82 Å². The number of aromatic nitrogens is 3. The van der Waals surface area contributed by atoms with Crippen molar-refractivity contribution in [2.75, 3.05) is 0 Å². The molecule has 22 heavy (non-hydrogen) atoms. The number of hydrogen-bond acceptors (Lipinski definition) is 4. The summed E-state index contributed by atoms with van der Waals surface area (Å²) in [6, 6.07) is 16.0. The molecule has 1 heterocycles. The monoisotopic (exact) mass is 313 g/mol. The smallest absolute Gasteiger partial charge is 0.211 e. The van der Waals surface area contributed by atoms with E-state index in [1.54, 1.807) is 31.2 Å². The van der Waals surface area contributed by atoms with Crippen molar-refractivity contribution >= 4 is 10.0 Å². The minimum absolute atomic E-state index is 0.200. The third-order valence-electron chi connectivity index (χ3n) is 3.31. The average Bonchev–Trinajstić information content (AvgIpc) is 2.91. The molecule has 0 aliphatic carbocycles. The Morgan fingerprint density at radius 1 is 0.909 bits per heavy atom. The molecule has 0 spiro atoms. The minimum Gasteiger partial charge on any atom is -0.211 e. The SMILES string of the molecule is Cc1ccc(S(=O)(=O)n2nc(-c3ccccc3)nc2C)cc1. The van der Waals surface area contributed by atoms with Crippen LogP contribution in [-0.2, 0) is 10.0 Å². The highest BCUT2D eigenvalue weighted by Crippen LogP contribution is 2.19. The number of benzene rings is 2. The standard InChI is InChI=1S/C16H15N3O2S/c1-12-8-10-15(11-9-12)22(20,21)19-13(2)17-16(18-19)14-6-4-3-5-7-14/h3-11H,1-2H3. The second kappa shape index (κ2) is 5.38. The zero-order chi connectivity index (χ0) is 15.7. The summed E-state index contributed by atoms with van der Waals surface area (Å²) in [5.74, 6) is 0.730. The Bertz CT molecular complexity index is 898. The second-order valence-electron chi connectivity index (χ2n) is 5.01. The highest BCUT2D eigenvalue weighted by atomic mass is 32.2. The molecule has 0 bridgehead atoms. The van der Waals surface area contributed by atoms with Crippen molar-refractivity contribution in [1.82, 2.24) is 14.2 Å². The van der Waals surface area contributed by atoms with Gasteiger partial charge in [-0.2, -0.15) is 8.42 Å². The lowest BCUT2D eigenvalue weighted by Crippen LogP contribution is -2.16. The number of aryl methyl sites for hydroxylation is 2. The van der Waals surface area contributed by atoms with Crippen molar-refractivity contribution in [2.45, 2.75) is 18.7 Å². The topological polar surface area (TPSA) is 64.8 Å². The predicted octanol–water partition coefficient (Wildman–Crippen LogP) is 2.80. The van der Waals surface area contributed by atoms with Crippen molar-refractivity contribution in [1.29, 1.82) is 0 Å². The summed E-state index contributed by atoms with van der Waals surface area (Å²) < 4.78 is 26.3. The number of hydrogen-bond donors (Lipinski definition) is 0. The van der Waals surface area contributed by atoms with Crippen molar-refractivity contribution in [2.24, 2.45) is 0 Å². The van der Waals surface area contributed by atoms with Gasteiger partial charge in [-0.05, 0) is 26.0 Å². The normalized spacial score (nSPS) is 11.5. The molecular formula is C16H15N3O2S. The summed E-state index contributed by atoms with van der Waals surface area (Å²) in [4.78, 5) is 4.46. The van der Waals surface area contributed by atoms with E-state index in [0.717, 1.165) is 15.2 Å². The molecule has 0 atom stereocenters. The maximum atomic E-state index is 12.7. The molecule has 2 aromatic carbocycles. The Labute approximate surface area is 129 Å². The van der Waals surface area contributed by atoms with Gasteiger partial charge in [0.25, 0.3) is 10.0 Å². The summed E-state index contributed by atoms with van der Waals surface area (Å²) >= 11 is 0. The summed E-state index contributed by atoms with van der Waals surface area (Å²) in [7, 11) is -3.73. The fourth-order valence-corrected chi connectivity index (χ4v) is 3.38. The van der Waals surface area contributed by atoms with Gasteiger partial charge < -0.3 is 0 Å². The van der Waals surface area contributed by atoms with Gasteiger partial charge >= 0.3 is 0 Å². The molecule has 0 saturated carbocycles. The van der Waals surface area contributed by atoms with Crippen LogP contribution in [0.3, 0.4) is 0 Å². The van der Waals surface area contributed by atoms with E-state index < -0.39 is 10.0 Å². The van der Waals surface area contributed by atoms with Crippen molar-refractivity contribution < 1.29 is 8.42 Å². The van der Waals surface area contributed by atoms with E-state index in [1.807, 2.05) is 37.3 Å². The lowest BCUT2D eigenvalue weighted by Gasteiger charge is -2.05. The van der Waals surface area contributed by atoms with E-state index in [0.29, 0.717) is 11.6 Å². The van der Waals surface area contributed by atoms with Crippen molar-refractivity contribution in [3.63, 3.8) is 0 Å². The second-order valence-corrected chi connectivity index (χ2v) is 6.78. The first-order valence-electron chi connectivity index (χ1n) is 6.80. The van der Waals surface area contributed by atoms with Crippen LogP contribution < -0.4 is 0 Å². The Balaban J connectivity index is 2.09. The molecule has 0 fully saturated rings. The van der Waals surface area contributed by atoms with Gasteiger partial charge in [0.1, 0.15) is 5.82 Å². The summed E-state index contributed by atoms with van der Waals surface area (Å²) in [5, 5.41) is 4.17. The largest absolute Gasteiger partial charge is 0.284 e. The van der Waals surface area contributed by atoms with Gasteiger partial charge in [0.05, 0.1) is 4.90 Å². The first kappa shape index (κ1) is 14.5. The predicted molar refractivity (Wildman–Crippen MR) is 84.0 cm³/mol. The van der Waals surface area contributed by atoms with Gasteiger partial charge in [-0.3, -0.25) is 0 Å². The van der Waals surface area contributed by atoms with Crippen LogP contribution in [0, 0.1) is 13.8 Å². The molecule has 3 rings (SSSR count). The van der Waals surface area contributed by atoms with Crippen LogP contribution in [0.25, 0.3) is 11.4 Å². The maximum absolute atomic E-state index is 12.7. The third-order valence-corrected chi connectivity index (χ3v) is 4.98. The van der Waals surface area contributed by atoms with Crippen molar-refractivity contribution in [3.8, 4) is 11.4 Å². The molecule has 112 valence electrons. The zero-order valence-corrected chi connectivity index (χ0v) is 13.1. The van der Waals surface area contributed by atoms with E-state index >= 15 is 0 Å². The van der Waals surface area contributed by atoms with Crippen LogP contribution in [0.2, 0.25) is 0 Å². The Morgan fingerprint density at radius 2 is 1.55 bits per heavy atom. The van der Waals surface area contributed by atoms with Crippen molar-refractivity contribution in [3.05, 3.63) is 66.0 Å². The van der Waals surface area contributed by atoms with E-state index in [1.165, 1.54) is 0 Å². The fraction of sp³-hybridized carbons (Fsp3) is 0.125. The highest BCUT2D eigenvalue weighted by molar-refractivity contribution is 7.89. The van der Waals surface area contributed by atoms with Crippen LogP contribution in [0.5, 0.6) is 0 Å². The maximum Gasteiger partial charge on any atom is 0.284 e. The van der Waals surface area contributed by atoms with E-state index in [9.17, 15) is 8.42 Å². The number of nitrogens with zero attached hydrogens (tertiary/aromatic N) is 3. The lowest BCUT2D eigenvalue weighted by molar-refractivity contribution is 0.578. The number of rotatable bonds is 3. The molecule has 5 nitrogen and oxygen atoms in total. The molecule has 3 aromatic rings. The summed E-state index contributed by atoms with van der Waals surface area (Å²) in [5.41, 5.74) is 1.78. The molecule has 0 unspecified atom stereocenters. The first-order valence-corrected chi connectivity index (χ1v) is 8.24. The highest BCUT2D eigenvalue weighted by Gasteiger charge is 2.22. The lowest BCUT2D eigenvalue weighted by atomic mass is 10.2. The van der Waals surface area contributed by atoms with E-state index in [2.05, 4.69) is 10.1 Å². The van der Waals surface area contributed by atoms with Gasteiger partial charge in [-0.1, -0.05) is 48.0 Å². The Morgan fingerprint density at radius 3 is 2.18 bits per heavy atom.